The van der Waals surface area contributed by atoms with Crippen molar-refractivity contribution in [3.63, 3.8) is 0 Å². The summed E-state index contributed by atoms with van der Waals surface area (Å²) in [6.07, 6.45) is 2.91. The van der Waals surface area contributed by atoms with Crippen LogP contribution in [0.3, 0.4) is 0 Å². The maximum absolute atomic E-state index is 12.1. The molecule has 7 heteroatoms. The van der Waals surface area contributed by atoms with Gasteiger partial charge in [-0.3, -0.25) is 0 Å². The lowest BCUT2D eigenvalue weighted by Gasteiger charge is -2.43. The van der Waals surface area contributed by atoms with Gasteiger partial charge in [0, 0.05) is 19.5 Å². The maximum Gasteiger partial charge on any atom is 0.332 e. The second kappa shape index (κ2) is 6.90. The molecule has 7 nitrogen and oxygen atoms in total. The number of carbonyl (C=O) groups is 2. The lowest BCUT2D eigenvalue weighted by atomic mass is 9.90. The molecule has 0 radical (unpaired) electrons. The lowest BCUT2D eigenvalue weighted by molar-refractivity contribution is -0.146. The zero-order valence-electron chi connectivity index (χ0n) is 11.5. The van der Waals surface area contributed by atoms with Gasteiger partial charge in [0.15, 0.2) is 6.10 Å². The van der Waals surface area contributed by atoms with Crippen LogP contribution in [0.4, 0.5) is 4.79 Å². The molecule has 3 N–H and O–H groups in total. The highest BCUT2D eigenvalue weighted by atomic mass is 16.5. The van der Waals surface area contributed by atoms with Crippen molar-refractivity contribution in [2.75, 3.05) is 19.7 Å². The number of urea groups is 1. The fourth-order valence-electron chi connectivity index (χ4n) is 2.89. The number of rotatable bonds is 4. The zero-order chi connectivity index (χ0) is 14.5. The molecular weight excluding hydrogens is 264 g/mol. The number of carbonyl (C=O) groups excluding carboxylic acids is 1. The van der Waals surface area contributed by atoms with Crippen molar-refractivity contribution in [3.05, 3.63) is 0 Å². The minimum atomic E-state index is -1.43. The first-order valence-corrected chi connectivity index (χ1v) is 7.16. The Bertz CT molecular complexity index is 361. The summed E-state index contributed by atoms with van der Waals surface area (Å²) in [6.45, 7) is 1.27. The highest BCUT2D eigenvalue weighted by molar-refractivity contribution is 5.75. The van der Waals surface area contributed by atoms with Crippen molar-refractivity contribution in [1.82, 2.24) is 10.2 Å². The molecule has 114 valence electrons. The predicted octanol–water partition coefficient (Wildman–Crippen LogP) is 0.175. The number of nitrogens with one attached hydrogen (secondary N) is 1. The Morgan fingerprint density at radius 3 is 2.85 bits per heavy atom. The summed E-state index contributed by atoms with van der Waals surface area (Å²) >= 11 is 0. The van der Waals surface area contributed by atoms with E-state index in [9.17, 15) is 9.59 Å². The number of amides is 2. The highest BCUT2D eigenvalue weighted by Gasteiger charge is 2.36. The topological polar surface area (TPSA) is 99.1 Å². The SMILES string of the molecule is O=C(O)[C@@H](O)CCNC(=O)N1CCOC2CCCCC21. The van der Waals surface area contributed by atoms with Crippen molar-refractivity contribution >= 4 is 12.0 Å². The summed E-state index contributed by atoms with van der Waals surface area (Å²) in [5.41, 5.74) is 0. The molecule has 1 heterocycles. The van der Waals surface area contributed by atoms with E-state index in [2.05, 4.69) is 5.32 Å². The molecule has 20 heavy (non-hydrogen) atoms. The van der Waals surface area contributed by atoms with Crippen LogP contribution in [0.2, 0.25) is 0 Å². The zero-order valence-corrected chi connectivity index (χ0v) is 11.5. The molecule has 0 spiro atoms. The second-order valence-corrected chi connectivity index (χ2v) is 5.33. The quantitative estimate of drug-likeness (QED) is 0.684. The molecule has 1 saturated carbocycles. The molecule has 0 aromatic heterocycles. The van der Waals surface area contributed by atoms with Gasteiger partial charge in [-0.05, 0) is 12.8 Å². The van der Waals surface area contributed by atoms with Gasteiger partial charge in [-0.2, -0.15) is 0 Å². The number of carboxylic acid groups (broad SMARTS) is 1. The Morgan fingerprint density at radius 2 is 2.10 bits per heavy atom. The van der Waals surface area contributed by atoms with Gasteiger partial charge < -0.3 is 25.2 Å². The van der Waals surface area contributed by atoms with Crippen LogP contribution < -0.4 is 5.32 Å². The summed E-state index contributed by atoms with van der Waals surface area (Å²) in [5.74, 6) is -1.27. The molecule has 1 saturated heterocycles. The standard InChI is InChI=1S/C13H22N2O5/c16-10(12(17)18)5-6-14-13(19)15-7-8-20-11-4-2-1-3-9(11)15/h9-11,16H,1-8H2,(H,14,19)(H,17,18)/t9?,10-,11?/m0/s1. The van der Waals surface area contributed by atoms with Crippen LogP contribution in [0.1, 0.15) is 32.1 Å². The Balaban J connectivity index is 1.80. The van der Waals surface area contributed by atoms with Gasteiger partial charge in [-0.15, -0.1) is 0 Å². The fraction of sp³-hybridized carbons (Fsp3) is 0.846. The van der Waals surface area contributed by atoms with Crippen LogP contribution in [-0.4, -0.2) is 65.1 Å². The van der Waals surface area contributed by atoms with Gasteiger partial charge in [-0.25, -0.2) is 9.59 Å². The first-order valence-electron chi connectivity index (χ1n) is 7.16. The molecule has 2 rings (SSSR count). The van der Waals surface area contributed by atoms with Crippen LogP contribution in [0.25, 0.3) is 0 Å². The molecule has 1 aliphatic carbocycles. The van der Waals surface area contributed by atoms with E-state index in [1.807, 2.05) is 0 Å². The van der Waals surface area contributed by atoms with E-state index >= 15 is 0 Å². The number of hydrogen-bond donors (Lipinski definition) is 3. The largest absolute Gasteiger partial charge is 0.479 e. The van der Waals surface area contributed by atoms with Crippen LogP contribution in [0, 0.1) is 0 Å². The van der Waals surface area contributed by atoms with E-state index in [0.29, 0.717) is 13.2 Å². The van der Waals surface area contributed by atoms with Gasteiger partial charge in [0.2, 0.25) is 0 Å². The van der Waals surface area contributed by atoms with E-state index < -0.39 is 12.1 Å². The van der Waals surface area contributed by atoms with Crippen molar-refractivity contribution in [3.8, 4) is 0 Å². The first-order chi connectivity index (χ1) is 9.59. The molecule has 0 aromatic rings. The summed E-state index contributed by atoms with van der Waals surface area (Å²) in [4.78, 5) is 24.4. The van der Waals surface area contributed by atoms with Gasteiger partial charge in [-0.1, -0.05) is 12.8 Å². The Kier molecular flexibility index (Phi) is 5.19. The van der Waals surface area contributed by atoms with Gasteiger partial charge >= 0.3 is 12.0 Å². The van der Waals surface area contributed by atoms with Gasteiger partial charge in [0.05, 0.1) is 18.8 Å². The highest BCUT2D eigenvalue weighted by Crippen LogP contribution is 2.28. The average Bonchev–Trinajstić information content (AvgIpc) is 2.46. The number of aliphatic hydroxyl groups excluding tert-OH is 1. The van der Waals surface area contributed by atoms with E-state index in [1.54, 1.807) is 4.90 Å². The van der Waals surface area contributed by atoms with Crippen LogP contribution in [0.15, 0.2) is 0 Å². The van der Waals surface area contributed by atoms with Gasteiger partial charge in [0.25, 0.3) is 0 Å². The van der Waals surface area contributed by atoms with E-state index in [0.717, 1.165) is 25.7 Å². The minimum absolute atomic E-state index is 0.0134. The molecule has 2 amide bonds. The Hall–Kier alpha value is -1.34. The van der Waals surface area contributed by atoms with Gasteiger partial charge in [0.1, 0.15) is 0 Å². The van der Waals surface area contributed by atoms with Crippen LogP contribution in [0.5, 0.6) is 0 Å². The molecule has 2 unspecified atom stereocenters. The summed E-state index contributed by atoms with van der Waals surface area (Å²) in [7, 11) is 0. The number of ether oxygens (including phenoxy) is 1. The van der Waals surface area contributed by atoms with Crippen LogP contribution >= 0.6 is 0 Å². The number of nitrogens with zero attached hydrogens (tertiary/aromatic N) is 1. The number of carboxylic acids is 1. The molecular formula is C13H22N2O5. The summed E-state index contributed by atoms with van der Waals surface area (Å²) in [5, 5.41) is 20.4. The molecule has 0 bridgehead atoms. The van der Waals surface area contributed by atoms with E-state index in [1.165, 1.54) is 0 Å². The van der Waals surface area contributed by atoms with Crippen molar-refractivity contribution in [1.29, 1.82) is 0 Å². The summed E-state index contributed by atoms with van der Waals surface area (Å²) < 4.78 is 5.70. The average molecular weight is 286 g/mol. The second-order valence-electron chi connectivity index (χ2n) is 5.33. The third-order valence-corrected chi connectivity index (χ3v) is 3.97. The molecule has 3 atom stereocenters. The van der Waals surface area contributed by atoms with E-state index in [-0.39, 0.29) is 31.1 Å². The van der Waals surface area contributed by atoms with Crippen molar-refractivity contribution < 1.29 is 24.5 Å². The van der Waals surface area contributed by atoms with Crippen molar-refractivity contribution in [2.45, 2.75) is 50.4 Å². The number of fused-ring (bicyclic) bond motifs is 1. The predicted molar refractivity (Wildman–Crippen MR) is 70.4 cm³/mol. The van der Waals surface area contributed by atoms with E-state index in [4.69, 9.17) is 14.9 Å². The molecule has 0 aromatic carbocycles. The maximum atomic E-state index is 12.1. The fourth-order valence-corrected chi connectivity index (χ4v) is 2.89. The number of aliphatic hydroxyl groups is 1. The van der Waals surface area contributed by atoms with Crippen LogP contribution in [-0.2, 0) is 9.53 Å². The Morgan fingerprint density at radius 1 is 1.35 bits per heavy atom. The third kappa shape index (κ3) is 3.61. The summed E-state index contributed by atoms with van der Waals surface area (Å²) in [6, 6.07) is -0.0651. The minimum Gasteiger partial charge on any atom is -0.479 e. The number of hydrogen-bond acceptors (Lipinski definition) is 4. The molecule has 2 fully saturated rings. The lowest BCUT2D eigenvalue weighted by Crippen LogP contribution is -2.57. The smallest absolute Gasteiger partial charge is 0.332 e. The molecule has 2 aliphatic rings. The third-order valence-electron chi connectivity index (χ3n) is 3.97. The Labute approximate surface area is 117 Å². The first kappa shape index (κ1) is 15.1. The van der Waals surface area contributed by atoms with Crippen molar-refractivity contribution in [2.24, 2.45) is 0 Å². The number of morpholine rings is 1. The number of aliphatic carboxylic acids is 1. The molecule has 1 aliphatic heterocycles. The normalized spacial score (nSPS) is 27.6. The monoisotopic (exact) mass is 286 g/mol.